The Balaban J connectivity index is 4.46. The van der Waals surface area contributed by atoms with E-state index in [0.29, 0.717) is 6.54 Å². The summed E-state index contributed by atoms with van der Waals surface area (Å²) in [6.07, 6.45) is 22.8. The highest BCUT2D eigenvalue weighted by molar-refractivity contribution is 5.70. The monoisotopic (exact) mass is 540 g/mol. The second-order valence-electron chi connectivity index (χ2n) is 11.6. The zero-order chi connectivity index (χ0) is 28.8. The predicted octanol–water partition coefficient (Wildman–Crippen LogP) is 7.39. The van der Waals surface area contributed by atoms with E-state index in [2.05, 4.69) is 19.1 Å². The highest BCUT2D eigenvalue weighted by Crippen LogP contribution is 2.22. The molecule has 0 radical (unpaired) electrons. The maximum absolute atomic E-state index is 11.6. The van der Waals surface area contributed by atoms with Gasteiger partial charge in [-0.15, -0.1) is 0 Å². The van der Waals surface area contributed by atoms with Crippen LogP contribution in [0, 0.1) is 17.8 Å². The van der Waals surface area contributed by atoms with Crippen molar-refractivity contribution in [1.29, 1.82) is 0 Å². The van der Waals surface area contributed by atoms with Crippen LogP contribution in [0.2, 0.25) is 0 Å². The van der Waals surface area contributed by atoms with Gasteiger partial charge in [0.15, 0.2) is 0 Å². The molecule has 222 valence electrons. The van der Waals surface area contributed by atoms with Crippen LogP contribution in [0.25, 0.3) is 0 Å². The molecule has 38 heavy (non-hydrogen) atoms. The Morgan fingerprint density at radius 2 is 0.868 bits per heavy atom. The van der Waals surface area contributed by atoms with Gasteiger partial charge in [0.1, 0.15) is 17.8 Å². The molecule has 0 aliphatic carbocycles. The average Bonchev–Trinajstić information content (AvgIpc) is 2.85. The molecule has 3 unspecified atom stereocenters. The van der Waals surface area contributed by atoms with Gasteiger partial charge < -0.3 is 19.8 Å². The topological polar surface area (TPSA) is 112 Å². The fourth-order valence-electron chi connectivity index (χ4n) is 5.35. The Labute approximate surface area is 232 Å². The highest BCUT2D eigenvalue weighted by Gasteiger charge is 2.38. The van der Waals surface area contributed by atoms with Gasteiger partial charge in [0.2, 0.25) is 0 Å². The van der Waals surface area contributed by atoms with Crippen molar-refractivity contribution in [2.45, 2.75) is 124 Å². The first-order valence-electron chi connectivity index (χ1n) is 15.2. The van der Waals surface area contributed by atoms with Crippen molar-refractivity contribution in [3.05, 3.63) is 12.2 Å². The highest BCUT2D eigenvalue weighted by atomic mass is 16.4. The molecule has 7 heteroatoms. The van der Waals surface area contributed by atoms with Crippen LogP contribution in [0.3, 0.4) is 0 Å². The molecule has 0 bridgehead atoms. The van der Waals surface area contributed by atoms with Crippen LogP contribution in [0.15, 0.2) is 12.2 Å². The molecule has 0 amide bonds. The lowest BCUT2D eigenvalue weighted by molar-refractivity contribution is -0.934. The predicted molar refractivity (Wildman–Crippen MR) is 154 cm³/mol. The number of allylic oxidation sites excluding steroid dienone is 2. The number of carbonyl (C=O) groups is 3. The molecule has 0 aromatic rings. The Bertz CT molecular complexity index is 622. The molecule has 7 nitrogen and oxygen atoms in total. The van der Waals surface area contributed by atoms with E-state index < -0.39 is 35.7 Å². The fraction of sp³-hybridized carbons (Fsp3) is 0.839. The lowest BCUT2D eigenvalue weighted by atomic mass is 10.0. The average molecular weight is 541 g/mol. The van der Waals surface area contributed by atoms with Crippen LogP contribution in [0.1, 0.15) is 124 Å². The number of nitrogens with zero attached hydrogens (tertiary/aromatic N) is 1. The maximum Gasteiger partial charge on any atom is 0.311 e. The number of carboxylic acid groups (broad SMARTS) is 3. The van der Waals surface area contributed by atoms with E-state index >= 15 is 0 Å². The van der Waals surface area contributed by atoms with Gasteiger partial charge in [0, 0.05) is 0 Å². The quantitative estimate of drug-likeness (QED) is 0.0599. The fourth-order valence-corrected chi connectivity index (χ4v) is 5.35. The van der Waals surface area contributed by atoms with E-state index in [4.69, 9.17) is 0 Å². The van der Waals surface area contributed by atoms with E-state index in [1.165, 1.54) is 64.2 Å². The summed E-state index contributed by atoms with van der Waals surface area (Å²) in [5, 5.41) is 28.5. The van der Waals surface area contributed by atoms with Crippen molar-refractivity contribution < 1.29 is 34.2 Å². The van der Waals surface area contributed by atoms with Gasteiger partial charge in [-0.05, 0) is 59.3 Å². The lowest BCUT2D eigenvalue weighted by Gasteiger charge is -2.42. The molecule has 0 saturated heterocycles. The van der Waals surface area contributed by atoms with Crippen LogP contribution in [0.4, 0.5) is 0 Å². The van der Waals surface area contributed by atoms with Gasteiger partial charge in [-0.3, -0.25) is 14.4 Å². The van der Waals surface area contributed by atoms with Gasteiger partial charge >= 0.3 is 17.9 Å². The van der Waals surface area contributed by atoms with E-state index in [9.17, 15) is 29.7 Å². The second kappa shape index (κ2) is 22.0. The third-order valence-electron chi connectivity index (χ3n) is 7.64. The van der Waals surface area contributed by atoms with E-state index in [1.54, 1.807) is 20.8 Å². The zero-order valence-corrected chi connectivity index (χ0v) is 24.8. The molecule has 0 aromatic heterocycles. The van der Waals surface area contributed by atoms with Crippen LogP contribution < -0.4 is 0 Å². The Kier molecular flexibility index (Phi) is 20.9. The molecular formula is C31H58NO6+. The standard InChI is InChI=1S/C31H57NO6/c1-5-6-7-8-9-10-11-12-13-14-15-16-17-18-19-20-21-22-32(23-26(2)29(33)34,24-27(3)30(35)36)25-28(4)31(37)38/h12-13,26-28H,5-11,14-25H2,1-4H3,(H2-,33,34,35,36,37,38)/p+1/b13-12+. The first-order chi connectivity index (χ1) is 18.0. The largest absolute Gasteiger partial charge is 0.481 e. The molecule has 0 aliphatic heterocycles. The number of rotatable bonds is 26. The summed E-state index contributed by atoms with van der Waals surface area (Å²) in [6.45, 7) is 8.46. The van der Waals surface area contributed by atoms with Crippen molar-refractivity contribution in [2.75, 3.05) is 26.2 Å². The van der Waals surface area contributed by atoms with Crippen LogP contribution in [-0.2, 0) is 14.4 Å². The maximum atomic E-state index is 11.6. The summed E-state index contributed by atoms with van der Waals surface area (Å²) < 4.78 is 0.222. The molecular weight excluding hydrogens is 482 g/mol. The van der Waals surface area contributed by atoms with Crippen LogP contribution in [-0.4, -0.2) is 63.9 Å². The summed E-state index contributed by atoms with van der Waals surface area (Å²) in [6, 6.07) is 0. The van der Waals surface area contributed by atoms with Crippen molar-refractivity contribution in [2.24, 2.45) is 17.8 Å². The molecule has 0 aliphatic rings. The summed E-state index contributed by atoms with van der Waals surface area (Å²) in [5.74, 6) is -4.81. The van der Waals surface area contributed by atoms with Crippen molar-refractivity contribution in [1.82, 2.24) is 0 Å². The number of hydrogen-bond acceptors (Lipinski definition) is 3. The Morgan fingerprint density at radius 1 is 0.553 bits per heavy atom. The molecule has 0 aromatic carbocycles. The van der Waals surface area contributed by atoms with Crippen LogP contribution >= 0.6 is 0 Å². The molecule has 3 atom stereocenters. The zero-order valence-electron chi connectivity index (χ0n) is 24.8. The third kappa shape index (κ3) is 18.4. The van der Waals surface area contributed by atoms with E-state index in [-0.39, 0.29) is 24.1 Å². The number of hydrogen-bond donors (Lipinski definition) is 3. The summed E-state index contributed by atoms with van der Waals surface area (Å²) >= 11 is 0. The minimum atomic E-state index is -0.935. The molecule has 0 heterocycles. The van der Waals surface area contributed by atoms with Crippen molar-refractivity contribution in [3.63, 3.8) is 0 Å². The molecule has 0 rings (SSSR count). The lowest BCUT2D eigenvalue weighted by Crippen LogP contribution is -2.57. The van der Waals surface area contributed by atoms with Gasteiger partial charge in [-0.1, -0.05) is 76.9 Å². The number of carboxylic acids is 3. The van der Waals surface area contributed by atoms with Gasteiger partial charge in [-0.25, -0.2) is 0 Å². The molecule has 0 fully saturated rings. The summed E-state index contributed by atoms with van der Waals surface area (Å²) in [5.41, 5.74) is 0. The SMILES string of the molecule is CCCCCCCC/C=C/CCCCCCCCC[N+](CC(C)C(=O)O)(CC(C)C(=O)O)CC(C)C(=O)O. The van der Waals surface area contributed by atoms with Gasteiger partial charge in [-0.2, -0.15) is 0 Å². The molecule has 0 saturated carbocycles. The summed E-state index contributed by atoms with van der Waals surface area (Å²) in [7, 11) is 0. The van der Waals surface area contributed by atoms with E-state index in [1.807, 2.05) is 0 Å². The van der Waals surface area contributed by atoms with E-state index in [0.717, 1.165) is 32.1 Å². The second-order valence-corrected chi connectivity index (χ2v) is 11.6. The normalized spacial score (nSPS) is 15.7. The minimum absolute atomic E-state index is 0.222. The first-order valence-corrected chi connectivity index (χ1v) is 15.2. The number of unbranched alkanes of at least 4 members (excludes halogenated alkanes) is 13. The number of quaternary nitrogens is 1. The van der Waals surface area contributed by atoms with Crippen LogP contribution in [0.5, 0.6) is 0 Å². The third-order valence-corrected chi connectivity index (χ3v) is 7.64. The summed E-state index contributed by atoms with van der Waals surface area (Å²) in [4.78, 5) is 34.8. The first kappa shape index (κ1) is 36.1. The smallest absolute Gasteiger partial charge is 0.311 e. The molecule has 3 N–H and O–H groups in total. The Hall–Kier alpha value is -1.89. The van der Waals surface area contributed by atoms with Gasteiger partial charge in [0.05, 0.1) is 26.2 Å². The molecule has 0 spiro atoms. The van der Waals surface area contributed by atoms with Crippen molar-refractivity contribution >= 4 is 17.9 Å². The van der Waals surface area contributed by atoms with Crippen molar-refractivity contribution in [3.8, 4) is 0 Å². The Morgan fingerprint density at radius 3 is 1.21 bits per heavy atom. The minimum Gasteiger partial charge on any atom is -0.481 e. The number of aliphatic carboxylic acids is 3. The van der Waals surface area contributed by atoms with Gasteiger partial charge in [0.25, 0.3) is 0 Å².